The number of carbonyl (C=O) groups excluding carboxylic acids is 1. The zero-order valence-corrected chi connectivity index (χ0v) is 14.2. The van der Waals surface area contributed by atoms with Crippen LogP contribution in [0.25, 0.3) is 11.0 Å². The van der Waals surface area contributed by atoms with E-state index >= 15 is 0 Å². The fraction of sp³-hybridized carbons (Fsp3) is 0.588. The lowest BCUT2D eigenvalue weighted by Crippen LogP contribution is -2.45. The number of H-pyrrole nitrogens is 1. The number of hydrogen-bond donors (Lipinski definition) is 1. The third-order valence-corrected chi connectivity index (χ3v) is 4.64. The Kier molecular flexibility index (Phi) is 4.50. The highest BCUT2D eigenvalue weighted by atomic mass is 16.2. The minimum atomic E-state index is 0.0592. The molecule has 0 spiro atoms. The average molecular weight is 315 g/mol. The van der Waals surface area contributed by atoms with Gasteiger partial charge in [0.1, 0.15) is 11.3 Å². The largest absolute Gasteiger partial charge is 0.357 e. The van der Waals surface area contributed by atoms with Gasteiger partial charge in [0.05, 0.1) is 11.4 Å². The number of hydrogen-bond acceptors (Lipinski definition) is 4. The quantitative estimate of drug-likeness (QED) is 0.940. The number of rotatable bonds is 4. The van der Waals surface area contributed by atoms with Crippen LogP contribution in [0.5, 0.6) is 0 Å². The predicted octanol–water partition coefficient (Wildman–Crippen LogP) is 2.35. The molecule has 0 aromatic carbocycles. The standard InChI is InChI=1S/C17H25N5O/c1-4-21(5-2)17(23)13-7-6-10-22(11-13)16-15-14(8-9-18-15)19-12(3)20-16/h8-9,13,18H,4-7,10-11H2,1-3H3. The number of piperidine rings is 1. The minimum Gasteiger partial charge on any atom is -0.357 e. The van der Waals surface area contributed by atoms with E-state index in [0.717, 1.165) is 61.7 Å². The summed E-state index contributed by atoms with van der Waals surface area (Å²) in [5.41, 5.74) is 1.90. The zero-order valence-electron chi connectivity index (χ0n) is 14.2. The molecule has 1 unspecified atom stereocenters. The lowest BCUT2D eigenvalue weighted by molar-refractivity contribution is -0.135. The van der Waals surface area contributed by atoms with E-state index in [9.17, 15) is 4.79 Å². The molecule has 0 radical (unpaired) electrons. The molecular formula is C17H25N5O. The molecule has 2 aromatic rings. The van der Waals surface area contributed by atoms with Crippen LogP contribution in [0.15, 0.2) is 12.3 Å². The van der Waals surface area contributed by atoms with Gasteiger partial charge in [-0.15, -0.1) is 0 Å². The number of aryl methyl sites for hydroxylation is 1. The molecular weight excluding hydrogens is 290 g/mol. The predicted molar refractivity (Wildman–Crippen MR) is 91.5 cm³/mol. The van der Waals surface area contributed by atoms with Gasteiger partial charge >= 0.3 is 0 Å². The van der Waals surface area contributed by atoms with Crippen molar-refractivity contribution in [3.63, 3.8) is 0 Å². The normalized spacial score (nSPS) is 18.4. The Labute approximate surface area is 136 Å². The van der Waals surface area contributed by atoms with Gasteiger partial charge in [-0.3, -0.25) is 4.79 Å². The molecule has 1 atom stereocenters. The SMILES string of the molecule is CCN(CC)C(=O)C1CCCN(c2nc(C)nc3cc[nH]c23)C1. The first-order chi connectivity index (χ1) is 11.1. The summed E-state index contributed by atoms with van der Waals surface area (Å²) in [4.78, 5) is 29.2. The van der Waals surface area contributed by atoms with Crippen molar-refractivity contribution in [2.45, 2.75) is 33.6 Å². The van der Waals surface area contributed by atoms with Crippen LogP contribution in [0.2, 0.25) is 0 Å². The van der Waals surface area contributed by atoms with Gasteiger partial charge in [0, 0.05) is 32.4 Å². The summed E-state index contributed by atoms with van der Waals surface area (Å²) in [6.45, 7) is 9.22. The van der Waals surface area contributed by atoms with Crippen molar-refractivity contribution in [1.82, 2.24) is 19.9 Å². The molecule has 1 saturated heterocycles. The Morgan fingerprint density at radius 1 is 1.39 bits per heavy atom. The van der Waals surface area contributed by atoms with E-state index < -0.39 is 0 Å². The minimum absolute atomic E-state index is 0.0592. The van der Waals surface area contributed by atoms with Gasteiger partial charge < -0.3 is 14.8 Å². The monoisotopic (exact) mass is 315 g/mol. The topological polar surface area (TPSA) is 65.1 Å². The number of aromatic amines is 1. The average Bonchev–Trinajstić information content (AvgIpc) is 3.03. The second-order valence-electron chi connectivity index (χ2n) is 6.13. The third kappa shape index (κ3) is 3.02. The van der Waals surface area contributed by atoms with Crippen molar-refractivity contribution in [2.75, 3.05) is 31.1 Å². The molecule has 1 aliphatic rings. The molecule has 1 amide bonds. The highest BCUT2D eigenvalue weighted by Crippen LogP contribution is 2.28. The van der Waals surface area contributed by atoms with E-state index in [4.69, 9.17) is 0 Å². The van der Waals surface area contributed by atoms with E-state index in [2.05, 4.69) is 19.9 Å². The molecule has 3 rings (SSSR count). The highest BCUT2D eigenvalue weighted by Gasteiger charge is 2.29. The molecule has 1 aliphatic heterocycles. The van der Waals surface area contributed by atoms with Gasteiger partial charge in [0.2, 0.25) is 5.91 Å². The molecule has 0 bridgehead atoms. The van der Waals surface area contributed by atoms with E-state index in [1.807, 2.05) is 37.9 Å². The van der Waals surface area contributed by atoms with Crippen LogP contribution >= 0.6 is 0 Å². The van der Waals surface area contributed by atoms with E-state index in [0.29, 0.717) is 0 Å². The van der Waals surface area contributed by atoms with Crippen LogP contribution < -0.4 is 4.90 Å². The summed E-state index contributed by atoms with van der Waals surface area (Å²) in [5, 5.41) is 0. The number of nitrogens with one attached hydrogen (secondary N) is 1. The number of carbonyl (C=O) groups is 1. The van der Waals surface area contributed by atoms with Gasteiger partial charge in [-0.25, -0.2) is 9.97 Å². The molecule has 23 heavy (non-hydrogen) atoms. The van der Waals surface area contributed by atoms with Crippen LogP contribution in [0.1, 0.15) is 32.5 Å². The molecule has 6 nitrogen and oxygen atoms in total. The summed E-state index contributed by atoms with van der Waals surface area (Å²) in [7, 11) is 0. The van der Waals surface area contributed by atoms with Crippen molar-refractivity contribution >= 4 is 22.8 Å². The van der Waals surface area contributed by atoms with Gasteiger partial charge in [0.15, 0.2) is 5.82 Å². The number of anilines is 1. The Bertz CT molecular complexity index is 691. The fourth-order valence-corrected chi connectivity index (χ4v) is 3.44. The van der Waals surface area contributed by atoms with E-state index in [-0.39, 0.29) is 11.8 Å². The van der Waals surface area contributed by atoms with Crippen LogP contribution in [0.3, 0.4) is 0 Å². The van der Waals surface area contributed by atoms with Gasteiger partial charge in [-0.2, -0.15) is 0 Å². The molecule has 6 heteroatoms. The second-order valence-corrected chi connectivity index (χ2v) is 6.13. The fourth-order valence-electron chi connectivity index (χ4n) is 3.44. The van der Waals surface area contributed by atoms with Crippen molar-refractivity contribution in [3.05, 3.63) is 18.1 Å². The maximum absolute atomic E-state index is 12.7. The Balaban J connectivity index is 1.85. The summed E-state index contributed by atoms with van der Waals surface area (Å²) >= 11 is 0. The summed E-state index contributed by atoms with van der Waals surface area (Å²) < 4.78 is 0. The van der Waals surface area contributed by atoms with Crippen LogP contribution in [0, 0.1) is 12.8 Å². The Hall–Kier alpha value is -2.11. The molecule has 124 valence electrons. The highest BCUT2D eigenvalue weighted by molar-refractivity contribution is 5.87. The van der Waals surface area contributed by atoms with Gasteiger partial charge in [0.25, 0.3) is 0 Å². The van der Waals surface area contributed by atoms with E-state index in [1.165, 1.54) is 0 Å². The summed E-state index contributed by atoms with van der Waals surface area (Å²) in [6, 6.07) is 1.97. The van der Waals surface area contributed by atoms with Gasteiger partial charge in [-0.05, 0) is 39.7 Å². The lowest BCUT2D eigenvalue weighted by atomic mass is 9.96. The van der Waals surface area contributed by atoms with Crippen LogP contribution in [0.4, 0.5) is 5.82 Å². The molecule has 0 aliphatic carbocycles. The van der Waals surface area contributed by atoms with Crippen molar-refractivity contribution in [2.24, 2.45) is 5.92 Å². The van der Waals surface area contributed by atoms with E-state index in [1.54, 1.807) is 0 Å². The van der Waals surface area contributed by atoms with Gasteiger partial charge in [-0.1, -0.05) is 0 Å². The van der Waals surface area contributed by atoms with Crippen LogP contribution in [-0.4, -0.2) is 51.9 Å². The first-order valence-corrected chi connectivity index (χ1v) is 8.49. The second kappa shape index (κ2) is 6.56. The first-order valence-electron chi connectivity index (χ1n) is 8.49. The molecule has 3 heterocycles. The van der Waals surface area contributed by atoms with Crippen molar-refractivity contribution in [1.29, 1.82) is 0 Å². The third-order valence-electron chi connectivity index (χ3n) is 4.64. The number of amides is 1. The molecule has 1 fully saturated rings. The van der Waals surface area contributed by atoms with Crippen molar-refractivity contribution < 1.29 is 4.79 Å². The number of aromatic nitrogens is 3. The number of nitrogens with zero attached hydrogens (tertiary/aromatic N) is 4. The summed E-state index contributed by atoms with van der Waals surface area (Å²) in [5.74, 6) is 2.02. The maximum Gasteiger partial charge on any atom is 0.227 e. The Morgan fingerprint density at radius 3 is 2.91 bits per heavy atom. The summed E-state index contributed by atoms with van der Waals surface area (Å²) in [6.07, 6.45) is 3.87. The first kappa shape index (κ1) is 15.8. The lowest BCUT2D eigenvalue weighted by Gasteiger charge is -2.35. The molecule has 2 aromatic heterocycles. The Morgan fingerprint density at radius 2 is 2.17 bits per heavy atom. The maximum atomic E-state index is 12.7. The smallest absolute Gasteiger partial charge is 0.227 e. The van der Waals surface area contributed by atoms with Crippen molar-refractivity contribution in [3.8, 4) is 0 Å². The number of fused-ring (bicyclic) bond motifs is 1. The molecule has 1 N–H and O–H groups in total. The zero-order chi connectivity index (χ0) is 16.4. The van der Waals surface area contributed by atoms with Crippen LogP contribution in [-0.2, 0) is 4.79 Å². The molecule has 0 saturated carbocycles.